The van der Waals surface area contributed by atoms with Crippen molar-refractivity contribution in [3.8, 4) is 17.1 Å². The average molecular weight is 339 g/mol. The number of nitrogens with one attached hydrogen (secondary N) is 1. The zero-order chi connectivity index (χ0) is 15.5. The van der Waals surface area contributed by atoms with E-state index in [1.165, 1.54) is 12.1 Å². The number of ether oxygens (including phenoxy) is 1. The van der Waals surface area contributed by atoms with Crippen molar-refractivity contribution in [2.24, 2.45) is 0 Å². The van der Waals surface area contributed by atoms with Crippen LogP contribution in [0.2, 0.25) is 10.0 Å². The van der Waals surface area contributed by atoms with Gasteiger partial charge in [-0.1, -0.05) is 35.3 Å². The monoisotopic (exact) mass is 338 g/mol. The van der Waals surface area contributed by atoms with Crippen LogP contribution in [0.5, 0.6) is 5.75 Å². The van der Waals surface area contributed by atoms with E-state index in [1.54, 1.807) is 24.3 Å². The number of hydrogen-bond acceptors (Lipinski definition) is 4. The minimum absolute atomic E-state index is 0.152. The maximum absolute atomic E-state index is 13.1. The van der Waals surface area contributed by atoms with Crippen molar-refractivity contribution in [2.75, 3.05) is 0 Å². The molecule has 0 spiro atoms. The van der Waals surface area contributed by atoms with Crippen LogP contribution in [0.4, 0.5) is 4.39 Å². The van der Waals surface area contributed by atoms with Crippen molar-refractivity contribution in [3.05, 3.63) is 57.8 Å². The Morgan fingerprint density at radius 2 is 1.91 bits per heavy atom. The Kier molecular flexibility index (Phi) is 4.22. The lowest BCUT2D eigenvalue weighted by atomic mass is 10.2. The summed E-state index contributed by atoms with van der Waals surface area (Å²) < 4.78 is 18.7. The third-order valence-electron chi connectivity index (χ3n) is 2.87. The van der Waals surface area contributed by atoms with Crippen molar-refractivity contribution in [1.29, 1.82) is 0 Å². The molecule has 1 heterocycles. The lowest BCUT2D eigenvalue weighted by Gasteiger charge is -2.11. The molecule has 0 bridgehead atoms. The molecule has 0 atom stereocenters. The summed E-state index contributed by atoms with van der Waals surface area (Å²) in [4.78, 5) is 0. The Balaban J connectivity index is 1.82. The molecule has 0 aliphatic rings. The van der Waals surface area contributed by atoms with Crippen LogP contribution in [-0.2, 0) is 6.61 Å². The molecule has 8 heteroatoms. The van der Waals surface area contributed by atoms with Gasteiger partial charge >= 0.3 is 0 Å². The number of H-pyrrole nitrogens is 1. The highest BCUT2D eigenvalue weighted by Gasteiger charge is 2.13. The molecule has 1 N–H and O–H groups in total. The highest BCUT2D eigenvalue weighted by atomic mass is 35.5. The molecular weight excluding hydrogens is 330 g/mol. The molecule has 2 aromatic carbocycles. The minimum atomic E-state index is -0.328. The van der Waals surface area contributed by atoms with Gasteiger partial charge in [0.2, 0.25) is 5.82 Å². The Hall–Kier alpha value is -2.18. The van der Waals surface area contributed by atoms with E-state index >= 15 is 0 Å². The summed E-state index contributed by atoms with van der Waals surface area (Å²) in [7, 11) is 0. The third-order valence-corrected chi connectivity index (χ3v) is 3.44. The van der Waals surface area contributed by atoms with Crippen LogP contribution in [0.3, 0.4) is 0 Å². The lowest BCUT2D eigenvalue weighted by Crippen LogP contribution is -1.97. The first kappa shape index (κ1) is 14.7. The second kappa shape index (κ2) is 6.29. The van der Waals surface area contributed by atoms with Gasteiger partial charge in [0.15, 0.2) is 5.75 Å². The Morgan fingerprint density at radius 3 is 2.55 bits per heavy atom. The largest absolute Gasteiger partial charge is 0.486 e. The van der Waals surface area contributed by atoms with E-state index in [4.69, 9.17) is 27.9 Å². The van der Waals surface area contributed by atoms with Crippen LogP contribution >= 0.6 is 23.2 Å². The molecule has 0 fully saturated rings. The van der Waals surface area contributed by atoms with Gasteiger partial charge in [-0.2, -0.15) is 5.21 Å². The molecule has 3 rings (SSSR count). The maximum Gasteiger partial charge on any atom is 0.204 e. The molecule has 112 valence electrons. The Morgan fingerprint density at radius 1 is 1.14 bits per heavy atom. The van der Waals surface area contributed by atoms with E-state index < -0.39 is 0 Å². The molecule has 0 saturated carbocycles. The number of tetrazole rings is 1. The van der Waals surface area contributed by atoms with Gasteiger partial charge in [-0.3, -0.25) is 0 Å². The number of aromatic nitrogens is 4. The van der Waals surface area contributed by atoms with Gasteiger partial charge in [-0.15, -0.1) is 10.2 Å². The normalized spacial score (nSPS) is 10.7. The summed E-state index contributed by atoms with van der Waals surface area (Å²) in [6, 6.07) is 9.35. The first-order chi connectivity index (χ1) is 10.6. The van der Waals surface area contributed by atoms with Crippen molar-refractivity contribution >= 4 is 23.2 Å². The van der Waals surface area contributed by atoms with Crippen molar-refractivity contribution in [1.82, 2.24) is 20.6 Å². The molecular formula is C14H9Cl2FN4O. The fraction of sp³-hybridized carbons (Fsp3) is 0.0714. The van der Waals surface area contributed by atoms with Crippen LogP contribution in [-0.4, -0.2) is 20.6 Å². The molecule has 5 nitrogen and oxygen atoms in total. The molecule has 22 heavy (non-hydrogen) atoms. The number of rotatable bonds is 4. The topological polar surface area (TPSA) is 63.7 Å². The van der Waals surface area contributed by atoms with E-state index in [2.05, 4.69) is 20.6 Å². The molecule has 0 aliphatic carbocycles. The van der Waals surface area contributed by atoms with E-state index in [1.807, 2.05) is 0 Å². The molecule has 0 saturated heterocycles. The Labute approximate surface area is 135 Å². The third kappa shape index (κ3) is 3.18. The van der Waals surface area contributed by atoms with Crippen LogP contribution in [0.1, 0.15) is 5.56 Å². The quantitative estimate of drug-likeness (QED) is 0.783. The molecule has 0 amide bonds. The predicted molar refractivity (Wildman–Crippen MR) is 80.4 cm³/mol. The van der Waals surface area contributed by atoms with Gasteiger partial charge in [0, 0.05) is 5.56 Å². The number of halogens is 3. The maximum atomic E-state index is 13.1. The van der Waals surface area contributed by atoms with E-state index in [0.717, 1.165) is 0 Å². The van der Waals surface area contributed by atoms with Gasteiger partial charge in [-0.25, -0.2) is 4.39 Å². The highest BCUT2D eigenvalue weighted by molar-refractivity contribution is 6.37. The minimum Gasteiger partial charge on any atom is -0.486 e. The smallest absolute Gasteiger partial charge is 0.204 e. The summed E-state index contributed by atoms with van der Waals surface area (Å²) in [5.74, 6) is 0.367. The molecule has 0 aliphatic heterocycles. The van der Waals surface area contributed by atoms with Gasteiger partial charge in [0.05, 0.1) is 10.0 Å². The summed E-state index contributed by atoms with van der Waals surface area (Å²) in [5, 5.41) is 14.2. The fourth-order valence-electron chi connectivity index (χ4n) is 1.89. The number of benzene rings is 2. The number of aromatic amines is 1. The number of hydrogen-bond donors (Lipinski definition) is 1. The van der Waals surface area contributed by atoms with Gasteiger partial charge in [-0.05, 0) is 35.0 Å². The number of nitrogens with zero attached hydrogens (tertiary/aromatic N) is 3. The zero-order valence-corrected chi connectivity index (χ0v) is 12.6. The summed E-state index contributed by atoms with van der Waals surface area (Å²) in [5.41, 5.74) is 1.29. The van der Waals surface area contributed by atoms with Crippen LogP contribution in [0.15, 0.2) is 36.4 Å². The van der Waals surface area contributed by atoms with Crippen molar-refractivity contribution in [3.63, 3.8) is 0 Å². The Bertz CT molecular complexity index is 772. The first-order valence-electron chi connectivity index (χ1n) is 6.23. The summed E-state index contributed by atoms with van der Waals surface area (Å²) in [6.45, 7) is 0.152. The summed E-state index contributed by atoms with van der Waals surface area (Å²) in [6.07, 6.45) is 0. The van der Waals surface area contributed by atoms with Gasteiger partial charge in [0.1, 0.15) is 12.4 Å². The second-order valence-electron chi connectivity index (χ2n) is 4.42. The summed E-state index contributed by atoms with van der Waals surface area (Å²) >= 11 is 12.4. The molecule has 3 aromatic rings. The molecule has 0 radical (unpaired) electrons. The zero-order valence-electron chi connectivity index (χ0n) is 11.1. The molecule has 0 unspecified atom stereocenters. The van der Waals surface area contributed by atoms with Crippen LogP contribution in [0.25, 0.3) is 11.4 Å². The van der Waals surface area contributed by atoms with Gasteiger partial charge < -0.3 is 4.74 Å². The van der Waals surface area contributed by atoms with E-state index in [-0.39, 0.29) is 12.4 Å². The first-order valence-corrected chi connectivity index (χ1v) is 6.99. The predicted octanol–water partition coefficient (Wildman–Crippen LogP) is 3.89. The highest BCUT2D eigenvalue weighted by Crippen LogP contribution is 2.37. The molecule has 1 aromatic heterocycles. The fourth-order valence-corrected chi connectivity index (χ4v) is 2.49. The van der Waals surface area contributed by atoms with Crippen LogP contribution < -0.4 is 4.74 Å². The van der Waals surface area contributed by atoms with Crippen molar-refractivity contribution in [2.45, 2.75) is 6.61 Å². The van der Waals surface area contributed by atoms with Gasteiger partial charge in [0.25, 0.3) is 0 Å². The van der Waals surface area contributed by atoms with E-state index in [9.17, 15) is 4.39 Å². The van der Waals surface area contributed by atoms with Crippen LogP contribution in [0, 0.1) is 5.82 Å². The lowest BCUT2D eigenvalue weighted by molar-refractivity contribution is 0.306. The van der Waals surface area contributed by atoms with Crippen molar-refractivity contribution < 1.29 is 9.13 Å². The SMILES string of the molecule is Fc1cccc(COc2c(Cl)cc(-c3nn[nH]n3)cc2Cl)c1. The average Bonchev–Trinajstić information content (AvgIpc) is 3.00. The second-order valence-corrected chi connectivity index (χ2v) is 5.24. The standard InChI is InChI=1S/C14H9Cl2FN4O/c15-11-5-9(14-18-20-21-19-14)6-12(16)13(11)22-7-8-2-1-3-10(17)4-8/h1-6H,7H2,(H,18,19,20,21). The van der Waals surface area contributed by atoms with E-state index in [0.29, 0.717) is 32.7 Å².